The Morgan fingerprint density at radius 3 is 2.17 bits per heavy atom. The van der Waals surface area contributed by atoms with Crippen LogP contribution in [0.1, 0.15) is 103 Å². The molecule has 0 amide bonds. The van der Waals surface area contributed by atoms with Crippen LogP contribution < -0.4 is 10.2 Å². The third-order valence-electron chi connectivity index (χ3n) is 14.2. The molecule has 13 nitrogen and oxygen atoms in total. The van der Waals surface area contributed by atoms with Gasteiger partial charge in [-0.3, -0.25) is 13.7 Å². The SMILES string of the molecule is C#CCOC1CC(/C=C/C2=[N+](CCCCS(=O)(=O)O)c3ccc4cc(C)ccc4c3C2(C)C)=C(CCCNCC)C(=C/C=C2/N(CCCCS(=O)(=O)O)c3ccc4cc(S(=O)(=O)O)ccc4c3C2(C)C)/C1. The van der Waals surface area contributed by atoms with Gasteiger partial charge in [0.15, 0.2) is 5.71 Å². The first-order valence-corrected chi connectivity index (χ1v) is 29.1. The molecular formula is C55H68N3O10S3+. The number of anilines is 1. The minimum atomic E-state index is -4.45. The number of aryl methyl sites for hydroxylation is 1. The van der Waals surface area contributed by atoms with Crippen molar-refractivity contribution < 1.29 is 48.2 Å². The zero-order valence-electron chi connectivity index (χ0n) is 41.7. The summed E-state index contributed by atoms with van der Waals surface area (Å²) in [4.78, 5) is 1.98. The molecule has 1 atom stereocenters. The maximum Gasteiger partial charge on any atom is 0.294 e. The molecular weight excluding hydrogens is 959 g/mol. The number of hydrogen-bond acceptors (Lipinski definition) is 9. The molecule has 1 aliphatic carbocycles. The van der Waals surface area contributed by atoms with Crippen LogP contribution >= 0.6 is 0 Å². The van der Waals surface area contributed by atoms with Crippen LogP contribution in [0.15, 0.2) is 112 Å². The van der Waals surface area contributed by atoms with E-state index in [-0.39, 0.29) is 35.5 Å². The van der Waals surface area contributed by atoms with Crippen LogP contribution in [0.2, 0.25) is 0 Å². The standard InChI is InChI=1S/C55H67N3O10S3/c1-8-31-68-43-35-40(19-26-50-54(4,5)52-46-22-16-38(3)34-39(46)17-24-48(52)57(50)29-10-12-32-69(59,60)61)45(15-14-28-56-9-2)41(36-43)20-27-51-55(6,7)53-47-23-21-44(71(65,66)67)37-42(47)18-25-49(53)58(51)30-11-13-33-70(62,63)64/h1,16-27,34,37,43,56H,9-15,28-33,35-36H2,2-7H3,(H2-,59,60,61,62,63,64,65,66,67)/p+1. The minimum absolute atomic E-state index is 0.140. The Morgan fingerprint density at radius 1 is 0.803 bits per heavy atom. The van der Waals surface area contributed by atoms with Crippen LogP contribution in [-0.4, -0.2) is 99.6 Å². The van der Waals surface area contributed by atoms with Gasteiger partial charge in [0, 0.05) is 47.5 Å². The minimum Gasteiger partial charge on any atom is -0.365 e. The van der Waals surface area contributed by atoms with Crippen molar-refractivity contribution in [1.82, 2.24) is 5.32 Å². The molecule has 2 aliphatic heterocycles. The fraction of sp³-hybridized carbons (Fsp3) is 0.436. The Labute approximate surface area is 420 Å². The number of fused-ring (bicyclic) bond motifs is 6. The van der Waals surface area contributed by atoms with Crippen LogP contribution in [0.25, 0.3) is 21.5 Å². The average molecular weight is 1030 g/mol. The topological polar surface area (TPSA) is 191 Å². The molecule has 4 N–H and O–H groups in total. The second kappa shape index (κ2) is 21.6. The normalized spacial score (nSPS) is 19.2. The lowest BCUT2D eigenvalue weighted by atomic mass is 9.78. The molecule has 0 saturated heterocycles. The molecule has 0 aromatic heterocycles. The monoisotopic (exact) mass is 1030 g/mol. The molecule has 71 heavy (non-hydrogen) atoms. The predicted molar refractivity (Wildman–Crippen MR) is 285 cm³/mol. The first-order chi connectivity index (χ1) is 33.4. The number of hydrogen-bond donors (Lipinski definition) is 4. The Bertz CT molecular complexity index is 3270. The number of nitrogens with zero attached hydrogens (tertiary/aromatic N) is 2. The molecule has 3 aliphatic rings. The number of allylic oxidation sites excluding steroid dienone is 6. The van der Waals surface area contributed by atoms with Crippen molar-refractivity contribution in [1.29, 1.82) is 0 Å². The average Bonchev–Trinajstić information content (AvgIpc) is 3.65. The van der Waals surface area contributed by atoms with E-state index in [9.17, 15) is 38.9 Å². The third-order valence-corrected chi connectivity index (χ3v) is 16.6. The van der Waals surface area contributed by atoms with Crippen molar-refractivity contribution in [3.8, 4) is 12.3 Å². The first kappa shape index (κ1) is 53.8. The number of terminal acetylenes is 1. The summed E-state index contributed by atoms with van der Waals surface area (Å²) in [7, 11) is -12.7. The molecule has 4 aromatic carbocycles. The van der Waals surface area contributed by atoms with Crippen LogP contribution in [0.3, 0.4) is 0 Å². The van der Waals surface area contributed by atoms with Crippen molar-refractivity contribution in [2.45, 2.75) is 115 Å². The van der Waals surface area contributed by atoms with E-state index in [1.165, 1.54) is 28.8 Å². The molecule has 0 saturated carbocycles. The van der Waals surface area contributed by atoms with E-state index in [0.29, 0.717) is 50.6 Å². The van der Waals surface area contributed by atoms with Crippen LogP contribution in [0.4, 0.5) is 11.4 Å². The summed E-state index contributed by atoms with van der Waals surface area (Å²) in [5, 5.41) is 7.25. The van der Waals surface area contributed by atoms with E-state index < -0.39 is 41.2 Å². The van der Waals surface area contributed by atoms with Gasteiger partial charge < -0.3 is 15.0 Å². The Hall–Kier alpha value is -4.96. The Kier molecular flexibility index (Phi) is 16.4. The second-order valence-electron chi connectivity index (χ2n) is 20.0. The zero-order valence-corrected chi connectivity index (χ0v) is 44.1. The van der Waals surface area contributed by atoms with Gasteiger partial charge in [0.25, 0.3) is 30.4 Å². The van der Waals surface area contributed by atoms with Crippen molar-refractivity contribution in [3.63, 3.8) is 0 Å². The summed E-state index contributed by atoms with van der Waals surface area (Å²) in [5.41, 5.74) is 9.62. The smallest absolute Gasteiger partial charge is 0.294 e. The number of rotatable bonds is 21. The van der Waals surface area contributed by atoms with E-state index >= 15 is 0 Å². The Balaban J connectivity index is 1.37. The van der Waals surface area contributed by atoms with E-state index in [4.69, 9.17) is 11.2 Å². The van der Waals surface area contributed by atoms with Crippen molar-refractivity contribution in [2.24, 2.45) is 0 Å². The molecule has 1 unspecified atom stereocenters. The molecule has 7 rings (SSSR count). The maximum absolute atomic E-state index is 12.2. The lowest BCUT2D eigenvalue weighted by Crippen LogP contribution is -2.28. The fourth-order valence-electron chi connectivity index (χ4n) is 10.9. The molecule has 0 spiro atoms. The molecule has 0 fully saturated rings. The first-order valence-electron chi connectivity index (χ1n) is 24.4. The van der Waals surface area contributed by atoms with Crippen LogP contribution in [-0.2, 0) is 45.9 Å². The largest absolute Gasteiger partial charge is 0.365 e. The highest BCUT2D eigenvalue weighted by Crippen LogP contribution is 2.52. The number of nitrogens with one attached hydrogen (secondary N) is 1. The summed E-state index contributed by atoms with van der Waals surface area (Å²) in [5.74, 6) is 1.98. The summed E-state index contributed by atoms with van der Waals surface area (Å²) in [6, 6.07) is 19.2. The van der Waals surface area contributed by atoms with Gasteiger partial charge >= 0.3 is 0 Å². The van der Waals surface area contributed by atoms with Gasteiger partial charge in [-0.05, 0) is 153 Å². The highest BCUT2D eigenvalue weighted by Gasteiger charge is 2.46. The highest BCUT2D eigenvalue weighted by molar-refractivity contribution is 7.86. The van der Waals surface area contributed by atoms with Crippen LogP contribution in [0.5, 0.6) is 0 Å². The van der Waals surface area contributed by atoms with E-state index in [1.54, 1.807) is 6.07 Å². The van der Waals surface area contributed by atoms with E-state index in [2.05, 4.69) is 117 Å². The molecule has 16 heteroatoms. The number of unbranched alkanes of at least 4 members (excludes halogenated alkanes) is 2. The van der Waals surface area contributed by atoms with Gasteiger partial charge in [-0.15, -0.1) is 6.42 Å². The van der Waals surface area contributed by atoms with Gasteiger partial charge in [-0.2, -0.15) is 29.8 Å². The molecule has 4 aromatic rings. The van der Waals surface area contributed by atoms with E-state index in [0.717, 1.165) is 81.6 Å². The van der Waals surface area contributed by atoms with Crippen molar-refractivity contribution in [3.05, 3.63) is 124 Å². The number of ether oxygens (including phenoxy) is 1. The molecule has 0 radical (unpaired) electrons. The second-order valence-corrected chi connectivity index (χ2v) is 24.6. The zero-order chi connectivity index (χ0) is 51.5. The third kappa shape index (κ3) is 12.3. The quantitative estimate of drug-likeness (QED) is 0.0268. The molecule has 0 bridgehead atoms. The van der Waals surface area contributed by atoms with E-state index in [1.807, 2.05) is 12.1 Å². The summed E-state index contributed by atoms with van der Waals surface area (Å²) in [6.45, 7) is 15.7. The van der Waals surface area contributed by atoms with Gasteiger partial charge in [0.05, 0.1) is 27.9 Å². The summed E-state index contributed by atoms with van der Waals surface area (Å²) < 4.78 is 109. The summed E-state index contributed by atoms with van der Waals surface area (Å²) >= 11 is 0. The fourth-order valence-corrected chi connectivity index (χ4v) is 12.6. The van der Waals surface area contributed by atoms with Crippen molar-refractivity contribution >= 4 is 69.0 Å². The Morgan fingerprint density at radius 2 is 1.48 bits per heavy atom. The highest BCUT2D eigenvalue weighted by atomic mass is 32.2. The van der Waals surface area contributed by atoms with Gasteiger partial charge in [-0.1, -0.05) is 74.7 Å². The molecule has 2 heterocycles. The predicted octanol–water partition coefficient (Wildman–Crippen LogP) is 9.92. The van der Waals surface area contributed by atoms with Gasteiger partial charge in [0.2, 0.25) is 5.69 Å². The van der Waals surface area contributed by atoms with Gasteiger partial charge in [0.1, 0.15) is 13.2 Å². The lowest BCUT2D eigenvalue weighted by Gasteiger charge is -2.30. The number of benzene rings is 4. The maximum atomic E-state index is 12.2. The molecule has 380 valence electrons. The van der Waals surface area contributed by atoms with Crippen molar-refractivity contribution in [2.75, 3.05) is 49.2 Å². The summed E-state index contributed by atoms with van der Waals surface area (Å²) in [6.07, 6.45) is 18.7. The van der Waals surface area contributed by atoms with Crippen LogP contribution in [0, 0.1) is 19.3 Å². The van der Waals surface area contributed by atoms with Gasteiger partial charge in [-0.25, -0.2) is 0 Å². The lowest BCUT2D eigenvalue weighted by molar-refractivity contribution is -0.438.